The molecule has 1 aliphatic rings. The van der Waals surface area contributed by atoms with E-state index in [1.54, 1.807) is 12.1 Å². The largest absolute Gasteiger partial charge is 0.481 e. The van der Waals surface area contributed by atoms with Crippen LogP contribution >= 0.6 is 11.6 Å². The fraction of sp³-hybridized carbons (Fsp3) is 0.438. The molecule has 0 aliphatic heterocycles. The second kappa shape index (κ2) is 7.53. The highest BCUT2D eigenvalue weighted by atomic mass is 35.5. The van der Waals surface area contributed by atoms with Gasteiger partial charge in [0.15, 0.2) is 0 Å². The molecule has 8 heteroatoms. The molecular weight excluding hydrogens is 334 g/mol. The van der Waals surface area contributed by atoms with Crippen LogP contribution in [0, 0.1) is 5.92 Å². The highest BCUT2D eigenvalue weighted by molar-refractivity contribution is 6.34. The summed E-state index contributed by atoms with van der Waals surface area (Å²) in [5.41, 5.74) is 0.711. The van der Waals surface area contributed by atoms with Crippen LogP contribution in [-0.2, 0) is 4.79 Å². The Labute approximate surface area is 145 Å². The first-order chi connectivity index (χ1) is 11.3. The van der Waals surface area contributed by atoms with Crippen LogP contribution < -0.4 is 10.6 Å². The van der Waals surface area contributed by atoms with Gasteiger partial charge >= 0.3 is 12.0 Å². The van der Waals surface area contributed by atoms with Crippen molar-refractivity contribution in [1.29, 1.82) is 0 Å². The summed E-state index contributed by atoms with van der Waals surface area (Å²) in [4.78, 5) is 36.4. The van der Waals surface area contributed by atoms with Gasteiger partial charge in [-0.15, -0.1) is 0 Å². The maximum atomic E-state index is 12.1. The van der Waals surface area contributed by atoms with E-state index in [1.807, 2.05) is 0 Å². The number of anilines is 1. The van der Waals surface area contributed by atoms with Crippen LogP contribution in [0.15, 0.2) is 18.2 Å². The summed E-state index contributed by atoms with van der Waals surface area (Å²) in [5, 5.41) is 14.7. The molecule has 7 nitrogen and oxygen atoms in total. The second-order valence-corrected chi connectivity index (χ2v) is 6.40. The van der Waals surface area contributed by atoms with E-state index < -0.39 is 17.9 Å². The zero-order valence-corrected chi connectivity index (χ0v) is 14.3. The van der Waals surface area contributed by atoms with Crippen LogP contribution in [0.3, 0.4) is 0 Å². The summed E-state index contributed by atoms with van der Waals surface area (Å²) in [7, 11) is 1.51. The molecule has 24 heavy (non-hydrogen) atoms. The molecule has 3 N–H and O–H groups in total. The van der Waals surface area contributed by atoms with Crippen molar-refractivity contribution in [1.82, 2.24) is 10.2 Å². The maximum absolute atomic E-state index is 12.1. The molecule has 3 amide bonds. The van der Waals surface area contributed by atoms with Crippen LogP contribution in [0.25, 0.3) is 0 Å². The van der Waals surface area contributed by atoms with Gasteiger partial charge in [0.05, 0.1) is 16.5 Å². The molecule has 1 aromatic rings. The number of carbonyl (C=O) groups is 3. The van der Waals surface area contributed by atoms with Gasteiger partial charge in [0.1, 0.15) is 0 Å². The molecule has 1 aliphatic carbocycles. The first kappa shape index (κ1) is 18.1. The number of nitrogens with zero attached hydrogens (tertiary/aromatic N) is 1. The number of urea groups is 1. The lowest BCUT2D eigenvalue weighted by Crippen LogP contribution is -2.36. The van der Waals surface area contributed by atoms with Gasteiger partial charge in [0, 0.05) is 25.3 Å². The maximum Gasteiger partial charge on any atom is 0.321 e. The molecule has 1 atom stereocenters. The quantitative estimate of drug-likeness (QED) is 0.731. The normalized spacial score (nSPS) is 14.6. The topological polar surface area (TPSA) is 98.7 Å². The van der Waals surface area contributed by atoms with Gasteiger partial charge in [-0.1, -0.05) is 18.5 Å². The van der Waals surface area contributed by atoms with E-state index in [4.69, 9.17) is 16.7 Å². The molecule has 1 saturated carbocycles. The Morgan fingerprint density at radius 3 is 2.62 bits per heavy atom. The summed E-state index contributed by atoms with van der Waals surface area (Å²) >= 11 is 6.05. The zero-order chi connectivity index (χ0) is 17.9. The third-order valence-electron chi connectivity index (χ3n) is 3.69. The Morgan fingerprint density at radius 1 is 1.38 bits per heavy atom. The number of aliphatic carboxylic acids is 1. The summed E-state index contributed by atoms with van der Waals surface area (Å²) < 4.78 is 0. The van der Waals surface area contributed by atoms with Gasteiger partial charge in [-0.25, -0.2) is 4.79 Å². The number of halogens is 1. The average molecular weight is 354 g/mol. The SMILES string of the molecule is CC(CN(C)C(=O)Nc1ccc(Cl)c(C(=O)NC2CC2)c1)C(=O)O. The van der Waals surface area contributed by atoms with Gasteiger partial charge in [0.25, 0.3) is 5.91 Å². The molecule has 2 rings (SSSR count). The molecular formula is C16H20ClN3O4. The van der Waals surface area contributed by atoms with Crippen molar-refractivity contribution < 1.29 is 19.5 Å². The first-order valence-corrected chi connectivity index (χ1v) is 8.01. The predicted octanol–water partition coefficient (Wildman–Crippen LogP) is 2.42. The van der Waals surface area contributed by atoms with E-state index in [1.165, 1.54) is 24.9 Å². The minimum absolute atomic E-state index is 0.0732. The molecule has 1 aromatic carbocycles. The Hall–Kier alpha value is -2.28. The van der Waals surface area contributed by atoms with Crippen LogP contribution in [-0.4, -0.2) is 47.5 Å². The molecule has 0 bridgehead atoms. The second-order valence-electron chi connectivity index (χ2n) is 5.99. The van der Waals surface area contributed by atoms with Crippen molar-refractivity contribution in [2.75, 3.05) is 18.9 Å². The van der Waals surface area contributed by atoms with Crippen LogP contribution in [0.2, 0.25) is 5.02 Å². The fourth-order valence-corrected chi connectivity index (χ4v) is 2.26. The number of carboxylic acid groups (broad SMARTS) is 1. The number of benzene rings is 1. The monoisotopic (exact) mass is 353 g/mol. The van der Waals surface area contributed by atoms with Crippen molar-refractivity contribution >= 4 is 35.2 Å². The van der Waals surface area contributed by atoms with Gasteiger partial charge in [-0.2, -0.15) is 0 Å². The molecule has 130 valence electrons. The number of hydrogen-bond donors (Lipinski definition) is 3. The van der Waals surface area contributed by atoms with Gasteiger partial charge in [-0.05, 0) is 31.0 Å². The fourth-order valence-electron chi connectivity index (χ4n) is 2.06. The molecule has 0 heterocycles. The summed E-state index contributed by atoms with van der Waals surface area (Å²) in [6.07, 6.45) is 1.93. The third-order valence-corrected chi connectivity index (χ3v) is 4.02. The number of amides is 3. The molecule has 0 spiro atoms. The van der Waals surface area contributed by atoms with Crippen LogP contribution in [0.4, 0.5) is 10.5 Å². The Balaban J connectivity index is 2.02. The smallest absolute Gasteiger partial charge is 0.321 e. The third kappa shape index (κ3) is 4.86. The van der Waals surface area contributed by atoms with Crippen LogP contribution in [0.5, 0.6) is 0 Å². The molecule has 0 saturated heterocycles. The molecule has 0 radical (unpaired) electrons. The predicted molar refractivity (Wildman–Crippen MR) is 90.4 cm³/mol. The van der Waals surface area contributed by atoms with Gasteiger partial charge in [0.2, 0.25) is 0 Å². The standard InChI is InChI=1S/C16H20ClN3O4/c1-9(15(22)23)8-20(2)16(24)19-11-5-6-13(17)12(7-11)14(21)18-10-3-4-10/h5-7,9-10H,3-4,8H2,1-2H3,(H,18,21)(H,19,24)(H,22,23). The number of carboxylic acids is 1. The van der Waals surface area contributed by atoms with E-state index in [-0.39, 0.29) is 18.5 Å². The van der Waals surface area contributed by atoms with Crippen molar-refractivity contribution in [2.24, 2.45) is 5.92 Å². The number of nitrogens with one attached hydrogen (secondary N) is 2. The van der Waals surface area contributed by atoms with Crippen molar-refractivity contribution in [2.45, 2.75) is 25.8 Å². The highest BCUT2D eigenvalue weighted by Crippen LogP contribution is 2.24. The van der Waals surface area contributed by atoms with Gasteiger partial charge in [-0.3, -0.25) is 9.59 Å². The molecule has 0 aromatic heterocycles. The van der Waals surface area contributed by atoms with Crippen molar-refractivity contribution in [3.05, 3.63) is 28.8 Å². The molecule has 1 fully saturated rings. The van der Waals surface area contributed by atoms with E-state index >= 15 is 0 Å². The Bertz CT molecular complexity index is 661. The zero-order valence-electron chi connectivity index (χ0n) is 13.5. The van der Waals surface area contributed by atoms with Gasteiger partial charge < -0.3 is 20.6 Å². The summed E-state index contributed by atoms with van der Waals surface area (Å²) in [6.45, 7) is 1.60. The Morgan fingerprint density at radius 2 is 2.04 bits per heavy atom. The Kier molecular flexibility index (Phi) is 5.66. The van der Waals surface area contributed by atoms with E-state index in [9.17, 15) is 14.4 Å². The van der Waals surface area contributed by atoms with Crippen LogP contribution in [0.1, 0.15) is 30.1 Å². The minimum Gasteiger partial charge on any atom is -0.481 e. The molecule has 1 unspecified atom stereocenters. The first-order valence-electron chi connectivity index (χ1n) is 7.63. The van der Waals surface area contributed by atoms with Crippen molar-refractivity contribution in [3.63, 3.8) is 0 Å². The van der Waals surface area contributed by atoms with E-state index in [0.717, 1.165) is 12.8 Å². The number of hydrogen-bond acceptors (Lipinski definition) is 3. The minimum atomic E-state index is -0.972. The lowest BCUT2D eigenvalue weighted by atomic mass is 10.1. The highest BCUT2D eigenvalue weighted by Gasteiger charge is 2.25. The summed E-state index contributed by atoms with van der Waals surface area (Å²) in [5.74, 6) is -1.92. The number of carbonyl (C=O) groups excluding carboxylic acids is 2. The summed E-state index contributed by atoms with van der Waals surface area (Å²) in [6, 6.07) is 4.38. The van der Waals surface area contributed by atoms with Crippen molar-refractivity contribution in [3.8, 4) is 0 Å². The number of rotatable bonds is 6. The lowest BCUT2D eigenvalue weighted by molar-refractivity contribution is -0.141. The van der Waals surface area contributed by atoms with E-state index in [2.05, 4.69) is 10.6 Å². The lowest BCUT2D eigenvalue weighted by Gasteiger charge is -2.20. The average Bonchev–Trinajstić information content (AvgIpc) is 3.32. The van der Waals surface area contributed by atoms with E-state index in [0.29, 0.717) is 16.3 Å².